The normalized spacial score (nSPS) is 11.8. The van der Waals surface area contributed by atoms with Gasteiger partial charge in [0.25, 0.3) is 5.91 Å². The third kappa shape index (κ3) is 2.69. The molecule has 0 saturated carbocycles. The Bertz CT molecular complexity index is 952. The van der Waals surface area contributed by atoms with Crippen LogP contribution in [0.1, 0.15) is 20.8 Å². The lowest BCUT2D eigenvalue weighted by Gasteiger charge is -2.05. The third-order valence-corrected chi connectivity index (χ3v) is 5.87. The van der Waals surface area contributed by atoms with E-state index in [0.29, 0.717) is 10.7 Å². The molecule has 0 fully saturated rings. The molecule has 4 rings (SSSR count). The first-order valence-electron chi connectivity index (χ1n) is 7.38. The SMILES string of the molecule is COc1ccc2c(c1)Cc1sc(NC(=O)c3ccccc3I)nc1-2. The molecule has 0 atom stereocenters. The average molecular weight is 448 g/mol. The van der Waals surface area contributed by atoms with Crippen molar-refractivity contribution < 1.29 is 9.53 Å². The topological polar surface area (TPSA) is 51.2 Å². The zero-order valence-electron chi connectivity index (χ0n) is 12.8. The molecule has 1 aliphatic rings. The Labute approximate surface area is 157 Å². The van der Waals surface area contributed by atoms with Crippen molar-refractivity contribution in [3.63, 3.8) is 0 Å². The van der Waals surface area contributed by atoms with E-state index in [0.717, 1.165) is 27.0 Å². The summed E-state index contributed by atoms with van der Waals surface area (Å²) in [5.74, 6) is 0.735. The van der Waals surface area contributed by atoms with Crippen molar-refractivity contribution in [2.45, 2.75) is 6.42 Å². The number of carbonyl (C=O) groups is 1. The molecular weight excluding hydrogens is 435 g/mol. The van der Waals surface area contributed by atoms with Gasteiger partial charge in [0.1, 0.15) is 5.75 Å². The molecule has 1 aliphatic carbocycles. The monoisotopic (exact) mass is 448 g/mol. The first-order valence-corrected chi connectivity index (χ1v) is 9.28. The maximum absolute atomic E-state index is 12.4. The van der Waals surface area contributed by atoms with Crippen molar-refractivity contribution in [3.8, 4) is 17.0 Å². The van der Waals surface area contributed by atoms with Gasteiger partial charge in [0.15, 0.2) is 5.13 Å². The van der Waals surface area contributed by atoms with Crippen LogP contribution in [0.3, 0.4) is 0 Å². The lowest BCUT2D eigenvalue weighted by molar-refractivity contribution is 0.102. The van der Waals surface area contributed by atoms with Gasteiger partial charge in [-0.25, -0.2) is 4.98 Å². The quantitative estimate of drug-likeness (QED) is 0.467. The highest BCUT2D eigenvalue weighted by Gasteiger charge is 2.24. The summed E-state index contributed by atoms with van der Waals surface area (Å²) in [4.78, 5) is 18.2. The van der Waals surface area contributed by atoms with Crippen molar-refractivity contribution in [1.29, 1.82) is 0 Å². The number of benzene rings is 2. The molecule has 2 aromatic carbocycles. The number of nitrogens with zero attached hydrogens (tertiary/aromatic N) is 1. The standard InChI is InChI=1S/C18H13IN2O2S/c1-23-11-6-7-12-10(8-11)9-15-16(12)20-18(24-15)21-17(22)13-4-2-3-5-14(13)19/h2-8H,9H2,1H3,(H,20,21,22). The number of halogens is 1. The van der Waals surface area contributed by atoms with Gasteiger partial charge in [-0.1, -0.05) is 12.1 Å². The number of methoxy groups -OCH3 is 1. The van der Waals surface area contributed by atoms with Crippen LogP contribution < -0.4 is 10.1 Å². The molecule has 4 nitrogen and oxygen atoms in total. The number of anilines is 1. The summed E-state index contributed by atoms with van der Waals surface area (Å²) >= 11 is 3.70. The van der Waals surface area contributed by atoms with Gasteiger partial charge in [-0.15, -0.1) is 11.3 Å². The number of rotatable bonds is 3. The minimum Gasteiger partial charge on any atom is -0.497 e. The summed E-state index contributed by atoms with van der Waals surface area (Å²) in [6, 6.07) is 13.5. The predicted molar refractivity (Wildman–Crippen MR) is 104 cm³/mol. The molecule has 1 N–H and O–H groups in total. The van der Waals surface area contributed by atoms with Gasteiger partial charge < -0.3 is 4.74 Å². The first kappa shape index (κ1) is 15.6. The summed E-state index contributed by atoms with van der Waals surface area (Å²) in [7, 11) is 1.67. The number of fused-ring (bicyclic) bond motifs is 3. The Morgan fingerprint density at radius 2 is 2.12 bits per heavy atom. The highest BCUT2D eigenvalue weighted by atomic mass is 127. The van der Waals surface area contributed by atoms with E-state index in [9.17, 15) is 4.79 Å². The Balaban J connectivity index is 1.60. The summed E-state index contributed by atoms with van der Waals surface area (Å²) in [6.07, 6.45) is 0.832. The molecule has 120 valence electrons. The Morgan fingerprint density at radius 3 is 2.92 bits per heavy atom. The largest absolute Gasteiger partial charge is 0.497 e. The van der Waals surface area contributed by atoms with Gasteiger partial charge in [0, 0.05) is 20.4 Å². The number of nitrogens with one attached hydrogen (secondary N) is 1. The van der Waals surface area contributed by atoms with Gasteiger partial charge in [0.05, 0.1) is 18.4 Å². The van der Waals surface area contributed by atoms with Crippen LogP contribution in [0.4, 0.5) is 5.13 Å². The molecule has 0 aliphatic heterocycles. The molecule has 24 heavy (non-hydrogen) atoms. The lowest BCUT2D eigenvalue weighted by atomic mass is 10.1. The molecule has 3 aromatic rings. The van der Waals surface area contributed by atoms with Crippen molar-refractivity contribution >= 4 is 45.0 Å². The molecule has 0 radical (unpaired) electrons. The molecule has 1 aromatic heterocycles. The maximum atomic E-state index is 12.4. The van der Waals surface area contributed by atoms with Crippen LogP contribution in [-0.4, -0.2) is 18.0 Å². The second kappa shape index (κ2) is 6.18. The van der Waals surface area contributed by atoms with E-state index in [-0.39, 0.29) is 5.91 Å². The van der Waals surface area contributed by atoms with Gasteiger partial charge >= 0.3 is 0 Å². The highest BCUT2D eigenvalue weighted by molar-refractivity contribution is 14.1. The van der Waals surface area contributed by atoms with Crippen LogP contribution in [0.15, 0.2) is 42.5 Å². The Kier molecular flexibility index (Phi) is 4.01. The number of ether oxygens (including phenoxy) is 1. The highest BCUT2D eigenvalue weighted by Crippen LogP contribution is 2.42. The van der Waals surface area contributed by atoms with Crippen molar-refractivity contribution in [2.24, 2.45) is 0 Å². The van der Waals surface area contributed by atoms with E-state index in [1.54, 1.807) is 7.11 Å². The Hall–Kier alpha value is -1.93. The van der Waals surface area contributed by atoms with Crippen molar-refractivity contribution in [1.82, 2.24) is 4.98 Å². The maximum Gasteiger partial charge on any atom is 0.258 e. The van der Waals surface area contributed by atoms with E-state index < -0.39 is 0 Å². The summed E-state index contributed by atoms with van der Waals surface area (Å²) in [5, 5.41) is 3.57. The van der Waals surface area contributed by atoms with E-state index in [1.807, 2.05) is 42.5 Å². The second-order valence-electron chi connectivity index (χ2n) is 5.42. The van der Waals surface area contributed by atoms with Crippen LogP contribution in [0, 0.1) is 3.57 Å². The van der Waals surface area contributed by atoms with Crippen LogP contribution in [0.25, 0.3) is 11.3 Å². The second-order valence-corrected chi connectivity index (χ2v) is 7.67. The minimum absolute atomic E-state index is 0.123. The van der Waals surface area contributed by atoms with E-state index in [2.05, 4.69) is 32.9 Å². The van der Waals surface area contributed by atoms with E-state index >= 15 is 0 Å². The Morgan fingerprint density at radius 1 is 1.29 bits per heavy atom. The van der Waals surface area contributed by atoms with Crippen LogP contribution >= 0.6 is 33.9 Å². The predicted octanol–water partition coefficient (Wildman–Crippen LogP) is 4.58. The van der Waals surface area contributed by atoms with Crippen molar-refractivity contribution in [3.05, 3.63) is 62.0 Å². The molecule has 0 bridgehead atoms. The number of carbonyl (C=O) groups excluding carboxylic acids is 1. The number of aromatic nitrogens is 1. The molecular formula is C18H13IN2O2S. The fourth-order valence-electron chi connectivity index (χ4n) is 2.79. The molecule has 1 heterocycles. The van der Waals surface area contributed by atoms with Gasteiger partial charge in [-0.3, -0.25) is 10.1 Å². The first-order chi connectivity index (χ1) is 11.7. The molecule has 6 heteroatoms. The molecule has 0 spiro atoms. The third-order valence-electron chi connectivity index (χ3n) is 3.95. The van der Waals surface area contributed by atoms with Gasteiger partial charge in [-0.2, -0.15) is 0 Å². The zero-order chi connectivity index (χ0) is 16.7. The van der Waals surface area contributed by atoms with E-state index in [1.165, 1.54) is 21.8 Å². The summed E-state index contributed by atoms with van der Waals surface area (Å²) in [5.41, 5.74) is 3.98. The number of hydrogen-bond donors (Lipinski definition) is 1. The van der Waals surface area contributed by atoms with E-state index in [4.69, 9.17) is 4.74 Å². The van der Waals surface area contributed by atoms with Crippen LogP contribution in [0.2, 0.25) is 0 Å². The number of amides is 1. The van der Waals surface area contributed by atoms with Crippen LogP contribution in [0.5, 0.6) is 5.75 Å². The van der Waals surface area contributed by atoms with Gasteiger partial charge in [-0.05, 0) is 58.5 Å². The number of hydrogen-bond acceptors (Lipinski definition) is 4. The lowest BCUT2D eigenvalue weighted by Crippen LogP contribution is -2.13. The fraction of sp³-hybridized carbons (Fsp3) is 0.111. The van der Waals surface area contributed by atoms with Gasteiger partial charge in [0.2, 0.25) is 0 Å². The minimum atomic E-state index is -0.123. The fourth-order valence-corrected chi connectivity index (χ4v) is 4.42. The summed E-state index contributed by atoms with van der Waals surface area (Å²) < 4.78 is 6.20. The molecule has 0 unspecified atom stereocenters. The smallest absolute Gasteiger partial charge is 0.258 e. The zero-order valence-corrected chi connectivity index (χ0v) is 15.8. The average Bonchev–Trinajstić information content (AvgIpc) is 3.11. The van der Waals surface area contributed by atoms with Crippen molar-refractivity contribution in [2.75, 3.05) is 12.4 Å². The summed E-state index contributed by atoms with van der Waals surface area (Å²) in [6.45, 7) is 0. The van der Waals surface area contributed by atoms with Crippen LogP contribution in [-0.2, 0) is 6.42 Å². The molecule has 0 saturated heterocycles. The molecule has 1 amide bonds. The number of thiazole rings is 1.